The fourth-order valence-electron chi connectivity index (χ4n) is 1.30. The summed E-state index contributed by atoms with van der Waals surface area (Å²) in [4.78, 5) is 6.82. The number of aromatic nitrogens is 2. The van der Waals surface area contributed by atoms with Gasteiger partial charge in [0.25, 0.3) is 0 Å². The molecule has 5 nitrogen and oxygen atoms in total. The van der Waals surface area contributed by atoms with Crippen LogP contribution in [0.15, 0.2) is 6.07 Å². The van der Waals surface area contributed by atoms with Gasteiger partial charge in [-0.3, -0.25) is 0 Å². The van der Waals surface area contributed by atoms with Crippen LogP contribution in [0.4, 0.5) is 24.8 Å². The number of aliphatic hydroxyl groups excluding tert-OH is 1. The Kier molecular flexibility index (Phi) is 4.56. The molecule has 1 aromatic rings. The molecule has 108 valence electrons. The van der Waals surface area contributed by atoms with Gasteiger partial charge in [0.15, 0.2) is 0 Å². The van der Waals surface area contributed by atoms with Crippen LogP contribution in [0.25, 0.3) is 0 Å². The molecule has 0 amide bonds. The molecule has 0 bridgehead atoms. The van der Waals surface area contributed by atoms with Crippen molar-refractivity contribution in [2.24, 2.45) is 0 Å². The number of aliphatic hydroxyl groups is 1. The van der Waals surface area contributed by atoms with Gasteiger partial charge in [-0.1, -0.05) is 0 Å². The highest BCUT2D eigenvalue weighted by atomic mass is 19.4. The van der Waals surface area contributed by atoms with Gasteiger partial charge in [0, 0.05) is 12.6 Å². The molecule has 0 radical (unpaired) electrons. The smallest absolute Gasteiger partial charge is 0.394 e. The second kappa shape index (κ2) is 5.60. The molecule has 0 saturated heterocycles. The largest absolute Gasteiger partial charge is 0.451 e. The topological polar surface area (TPSA) is 70.1 Å². The first-order chi connectivity index (χ1) is 8.68. The maximum absolute atomic E-state index is 12.7. The molecule has 1 aromatic heterocycles. The Bertz CT molecular complexity index is 434. The van der Waals surface area contributed by atoms with Crippen molar-refractivity contribution in [1.82, 2.24) is 9.97 Å². The van der Waals surface area contributed by atoms with Crippen LogP contribution in [0.2, 0.25) is 0 Å². The van der Waals surface area contributed by atoms with E-state index in [-0.39, 0.29) is 18.2 Å². The van der Waals surface area contributed by atoms with Gasteiger partial charge in [0.05, 0.1) is 12.1 Å². The van der Waals surface area contributed by atoms with E-state index in [1.54, 1.807) is 20.8 Å². The molecule has 0 atom stereocenters. The van der Waals surface area contributed by atoms with E-state index in [4.69, 9.17) is 5.11 Å². The molecule has 0 saturated carbocycles. The van der Waals surface area contributed by atoms with Gasteiger partial charge in [0.2, 0.25) is 5.82 Å². The summed E-state index contributed by atoms with van der Waals surface area (Å²) in [6.45, 7) is 5.25. The second-order valence-corrected chi connectivity index (χ2v) is 4.66. The highest BCUT2D eigenvalue weighted by Crippen LogP contribution is 2.28. The van der Waals surface area contributed by atoms with E-state index in [9.17, 15) is 13.2 Å². The minimum atomic E-state index is -4.62. The number of nitrogens with one attached hydrogen (secondary N) is 2. The Labute approximate surface area is 109 Å². The second-order valence-electron chi connectivity index (χ2n) is 4.66. The molecule has 8 heteroatoms. The van der Waals surface area contributed by atoms with Crippen LogP contribution in [-0.4, -0.2) is 33.8 Å². The standard InChI is InChI=1S/C11H17F3N4O/c1-4-15-7-5-8(18-10(2,3)6-19)17-9(16-7)11(12,13)14/h5,19H,4,6H2,1-3H3,(H2,15,16,17,18). The van der Waals surface area contributed by atoms with E-state index in [1.807, 2.05) is 0 Å². The molecule has 0 aliphatic carbocycles. The fraction of sp³-hybridized carbons (Fsp3) is 0.636. The van der Waals surface area contributed by atoms with Gasteiger partial charge < -0.3 is 15.7 Å². The lowest BCUT2D eigenvalue weighted by Crippen LogP contribution is -2.35. The van der Waals surface area contributed by atoms with E-state index in [0.29, 0.717) is 6.54 Å². The lowest BCUT2D eigenvalue weighted by molar-refractivity contribution is -0.144. The molecular weight excluding hydrogens is 261 g/mol. The molecular formula is C11H17F3N4O. The van der Waals surface area contributed by atoms with Crippen molar-refractivity contribution in [2.45, 2.75) is 32.5 Å². The zero-order valence-electron chi connectivity index (χ0n) is 11.0. The number of nitrogens with zero attached hydrogens (tertiary/aromatic N) is 2. The maximum Gasteiger partial charge on any atom is 0.451 e. The van der Waals surface area contributed by atoms with Crippen LogP contribution in [0.1, 0.15) is 26.6 Å². The van der Waals surface area contributed by atoms with Crippen molar-refractivity contribution < 1.29 is 18.3 Å². The molecule has 0 spiro atoms. The monoisotopic (exact) mass is 278 g/mol. The van der Waals surface area contributed by atoms with E-state index in [2.05, 4.69) is 20.6 Å². The highest BCUT2D eigenvalue weighted by Gasteiger charge is 2.35. The molecule has 1 rings (SSSR count). The summed E-state index contributed by atoms with van der Waals surface area (Å²) in [5, 5.41) is 14.6. The Morgan fingerprint density at radius 2 is 1.79 bits per heavy atom. The van der Waals surface area contributed by atoms with Crippen LogP contribution in [-0.2, 0) is 6.18 Å². The molecule has 19 heavy (non-hydrogen) atoms. The number of anilines is 2. The molecule has 0 aliphatic rings. The Hall–Kier alpha value is -1.57. The molecule has 1 heterocycles. The quantitative estimate of drug-likeness (QED) is 0.769. The first kappa shape index (κ1) is 15.5. The summed E-state index contributed by atoms with van der Waals surface area (Å²) in [7, 11) is 0. The van der Waals surface area contributed by atoms with Gasteiger partial charge in [-0.25, -0.2) is 9.97 Å². The number of rotatable bonds is 5. The van der Waals surface area contributed by atoms with Gasteiger partial charge in [-0.05, 0) is 20.8 Å². The predicted molar refractivity (Wildman–Crippen MR) is 66.0 cm³/mol. The molecule has 3 N–H and O–H groups in total. The van der Waals surface area contributed by atoms with Crippen molar-refractivity contribution >= 4 is 11.6 Å². The minimum Gasteiger partial charge on any atom is -0.394 e. The van der Waals surface area contributed by atoms with Gasteiger partial charge in [-0.15, -0.1) is 0 Å². The first-order valence-corrected chi connectivity index (χ1v) is 5.77. The molecule has 0 aromatic carbocycles. The normalized spacial score (nSPS) is 12.4. The summed E-state index contributed by atoms with van der Waals surface area (Å²) in [6, 6.07) is 1.37. The van der Waals surface area contributed by atoms with Crippen molar-refractivity contribution in [3.05, 3.63) is 11.9 Å². The van der Waals surface area contributed by atoms with Crippen LogP contribution in [0, 0.1) is 0 Å². The summed E-state index contributed by atoms with van der Waals surface area (Å²) in [5.41, 5.74) is -0.777. The third kappa shape index (κ3) is 4.55. The van der Waals surface area contributed by atoms with Gasteiger partial charge in [-0.2, -0.15) is 13.2 Å². The Balaban J connectivity index is 3.13. The Morgan fingerprint density at radius 1 is 1.21 bits per heavy atom. The van der Waals surface area contributed by atoms with E-state index in [1.165, 1.54) is 6.07 Å². The number of alkyl halides is 3. The van der Waals surface area contributed by atoms with Crippen molar-refractivity contribution in [2.75, 3.05) is 23.8 Å². The zero-order valence-corrected chi connectivity index (χ0v) is 11.0. The van der Waals surface area contributed by atoms with Crippen LogP contribution >= 0.6 is 0 Å². The summed E-state index contributed by atoms with van der Waals surface area (Å²) >= 11 is 0. The Morgan fingerprint density at radius 3 is 2.26 bits per heavy atom. The lowest BCUT2D eigenvalue weighted by atomic mass is 10.1. The van der Waals surface area contributed by atoms with E-state index >= 15 is 0 Å². The third-order valence-electron chi connectivity index (χ3n) is 2.20. The summed E-state index contributed by atoms with van der Waals surface area (Å²) in [6.07, 6.45) is -4.62. The summed E-state index contributed by atoms with van der Waals surface area (Å²) < 4.78 is 38.0. The number of halogens is 3. The third-order valence-corrected chi connectivity index (χ3v) is 2.20. The van der Waals surface area contributed by atoms with E-state index in [0.717, 1.165) is 0 Å². The predicted octanol–water partition coefficient (Wildman–Crippen LogP) is 2.11. The highest BCUT2D eigenvalue weighted by molar-refractivity contribution is 5.49. The number of hydrogen-bond donors (Lipinski definition) is 3. The zero-order chi connectivity index (χ0) is 14.7. The lowest BCUT2D eigenvalue weighted by Gasteiger charge is -2.24. The first-order valence-electron chi connectivity index (χ1n) is 5.77. The average molecular weight is 278 g/mol. The molecule has 0 fully saturated rings. The SMILES string of the molecule is CCNc1cc(NC(C)(C)CO)nc(C(F)(F)F)n1. The van der Waals surface area contributed by atoms with Crippen molar-refractivity contribution in [3.63, 3.8) is 0 Å². The van der Waals surface area contributed by atoms with Crippen LogP contribution < -0.4 is 10.6 Å². The molecule has 0 unspecified atom stereocenters. The van der Waals surface area contributed by atoms with Gasteiger partial charge in [0.1, 0.15) is 11.6 Å². The van der Waals surface area contributed by atoms with Crippen LogP contribution in [0.5, 0.6) is 0 Å². The summed E-state index contributed by atoms with van der Waals surface area (Å²) in [5.74, 6) is -1.12. The van der Waals surface area contributed by atoms with Gasteiger partial charge >= 0.3 is 6.18 Å². The fourth-order valence-corrected chi connectivity index (χ4v) is 1.30. The minimum absolute atomic E-state index is 0.0114. The van der Waals surface area contributed by atoms with E-state index < -0.39 is 17.5 Å². The average Bonchev–Trinajstić information content (AvgIpc) is 2.27. The number of hydrogen-bond acceptors (Lipinski definition) is 5. The van der Waals surface area contributed by atoms with Crippen molar-refractivity contribution in [3.8, 4) is 0 Å². The maximum atomic E-state index is 12.7. The van der Waals surface area contributed by atoms with Crippen LogP contribution in [0.3, 0.4) is 0 Å². The van der Waals surface area contributed by atoms with Crippen molar-refractivity contribution in [1.29, 1.82) is 0 Å². The molecule has 0 aliphatic heterocycles.